The van der Waals surface area contributed by atoms with Crippen molar-refractivity contribution in [2.75, 3.05) is 13.7 Å². The van der Waals surface area contributed by atoms with Gasteiger partial charge in [-0.2, -0.15) is 0 Å². The zero-order valence-electron chi connectivity index (χ0n) is 11.9. The van der Waals surface area contributed by atoms with Crippen LogP contribution in [0.2, 0.25) is 0 Å². The molecule has 0 saturated heterocycles. The molecule has 0 bridgehead atoms. The number of nitrogens with zero attached hydrogens (tertiary/aromatic N) is 3. The van der Waals surface area contributed by atoms with Crippen LogP contribution >= 0.6 is 11.3 Å². The van der Waals surface area contributed by atoms with Gasteiger partial charge in [-0.25, -0.2) is 17.9 Å². The molecule has 0 radical (unpaired) electrons. The molecule has 0 amide bonds. The number of sulfonamides is 1. The summed E-state index contributed by atoms with van der Waals surface area (Å²) in [4.78, 5) is 15.4. The second-order valence-electron chi connectivity index (χ2n) is 4.28. The van der Waals surface area contributed by atoms with Crippen LogP contribution in [0.3, 0.4) is 0 Å². The molecular weight excluding hydrogens is 328 g/mol. The Labute approximate surface area is 131 Å². The predicted octanol–water partition coefficient (Wildman–Crippen LogP) is 0.549. The number of hydrogen-bond donors (Lipinski definition) is 1. The first-order chi connectivity index (χ1) is 10.4. The minimum Gasteiger partial charge on any atom is -0.465 e. The second kappa shape index (κ2) is 6.90. The molecule has 0 aromatic carbocycles. The van der Waals surface area contributed by atoms with Gasteiger partial charge in [0.15, 0.2) is 0 Å². The summed E-state index contributed by atoms with van der Waals surface area (Å²) in [5.74, 6) is -0.629. The van der Waals surface area contributed by atoms with Crippen molar-refractivity contribution in [2.45, 2.75) is 18.2 Å². The van der Waals surface area contributed by atoms with E-state index < -0.39 is 16.0 Å². The van der Waals surface area contributed by atoms with Gasteiger partial charge in [-0.3, -0.25) is 4.98 Å². The molecule has 0 atom stereocenters. The van der Waals surface area contributed by atoms with E-state index in [4.69, 9.17) is 0 Å². The normalized spacial score (nSPS) is 11.4. The second-order valence-corrected chi connectivity index (χ2v) is 6.96. The lowest BCUT2D eigenvalue weighted by Gasteiger charge is -2.08. The summed E-state index contributed by atoms with van der Waals surface area (Å²) in [6.45, 7) is 1.78. The Morgan fingerprint density at radius 3 is 2.86 bits per heavy atom. The van der Waals surface area contributed by atoms with Gasteiger partial charge in [0.05, 0.1) is 18.4 Å². The molecule has 0 aliphatic carbocycles. The average molecular weight is 342 g/mol. The fourth-order valence-corrected chi connectivity index (χ4v) is 3.19. The summed E-state index contributed by atoms with van der Waals surface area (Å²) >= 11 is 1.35. The van der Waals surface area contributed by atoms with Gasteiger partial charge in [0.1, 0.15) is 15.4 Å². The summed E-state index contributed by atoms with van der Waals surface area (Å²) in [5.41, 5.74) is 2.10. The number of aromatic nitrogens is 3. The first-order valence-electron chi connectivity index (χ1n) is 6.23. The molecular formula is C12H14N4O4S2. The van der Waals surface area contributed by atoms with E-state index in [9.17, 15) is 13.2 Å². The third-order valence-corrected chi connectivity index (χ3v) is 5.00. The van der Waals surface area contributed by atoms with Crippen molar-refractivity contribution < 1.29 is 17.9 Å². The van der Waals surface area contributed by atoms with Crippen LogP contribution in [-0.2, 0) is 21.2 Å². The lowest BCUT2D eigenvalue weighted by Crippen LogP contribution is -2.26. The molecule has 22 heavy (non-hydrogen) atoms. The molecule has 118 valence electrons. The SMILES string of the molecule is COC(=O)c1cc(S(=O)(=O)NCCc2nncs2)cnc1C. The summed E-state index contributed by atoms with van der Waals surface area (Å²) < 4.78 is 31.4. The van der Waals surface area contributed by atoms with E-state index in [-0.39, 0.29) is 17.0 Å². The van der Waals surface area contributed by atoms with E-state index in [1.165, 1.54) is 30.7 Å². The zero-order chi connectivity index (χ0) is 16.2. The number of hydrogen-bond acceptors (Lipinski definition) is 8. The van der Waals surface area contributed by atoms with Crippen LogP contribution in [-0.4, -0.2) is 43.2 Å². The van der Waals surface area contributed by atoms with Gasteiger partial charge in [0, 0.05) is 19.2 Å². The number of aryl methyl sites for hydroxylation is 1. The highest BCUT2D eigenvalue weighted by Crippen LogP contribution is 2.14. The van der Waals surface area contributed by atoms with Gasteiger partial charge in [-0.1, -0.05) is 0 Å². The van der Waals surface area contributed by atoms with Gasteiger partial charge >= 0.3 is 5.97 Å². The van der Waals surface area contributed by atoms with Gasteiger partial charge in [-0.05, 0) is 13.0 Å². The highest BCUT2D eigenvalue weighted by molar-refractivity contribution is 7.89. The van der Waals surface area contributed by atoms with Gasteiger partial charge in [-0.15, -0.1) is 21.5 Å². The van der Waals surface area contributed by atoms with Crippen LogP contribution in [0.25, 0.3) is 0 Å². The number of carbonyl (C=O) groups is 1. The molecule has 0 unspecified atom stereocenters. The Balaban J connectivity index is 2.13. The van der Waals surface area contributed by atoms with Crippen LogP contribution < -0.4 is 4.72 Å². The Morgan fingerprint density at radius 2 is 2.23 bits per heavy atom. The van der Waals surface area contributed by atoms with Crippen molar-refractivity contribution in [3.63, 3.8) is 0 Å². The van der Waals surface area contributed by atoms with Gasteiger partial charge < -0.3 is 4.74 Å². The Morgan fingerprint density at radius 1 is 1.45 bits per heavy atom. The number of nitrogens with one attached hydrogen (secondary N) is 1. The van der Waals surface area contributed by atoms with E-state index >= 15 is 0 Å². The predicted molar refractivity (Wildman–Crippen MR) is 79.1 cm³/mol. The molecule has 2 heterocycles. The summed E-state index contributed by atoms with van der Waals surface area (Å²) in [5, 5.41) is 8.24. The molecule has 10 heteroatoms. The van der Waals surface area contributed by atoms with E-state index in [0.29, 0.717) is 12.1 Å². The summed E-state index contributed by atoms with van der Waals surface area (Å²) in [6.07, 6.45) is 1.64. The van der Waals surface area contributed by atoms with Crippen molar-refractivity contribution in [1.29, 1.82) is 0 Å². The lowest BCUT2D eigenvalue weighted by molar-refractivity contribution is 0.0599. The number of esters is 1. The Hall–Kier alpha value is -1.91. The highest BCUT2D eigenvalue weighted by atomic mass is 32.2. The molecule has 0 aliphatic heterocycles. The largest absolute Gasteiger partial charge is 0.465 e. The first-order valence-corrected chi connectivity index (χ1v) is 8.60. The fraction of sp³-hybridized carbons (Fsp3) is 0.333. The molecule has 0 spiro atoms. The van der Waals surface area contributed by atoms with Crippen molar-refractivity contribution in [3.05, 3.63) is 34.0 Å². The summed E-state index contributed by atoms with van der Waals surface area (Å²) in [6, 6.07) is 1.25. The molecule has 0 aliphatic rings. The number of carbonyl (C=O) groups excluding carboxylic acids is 1. The lowest BCUT2D eigenvalue weighted by atomic mass is 10.2. The molecule has 2 rings (SSSR count). The van der Waals surface area contributed by atoms with Crippen molar-refractivity contribution >= 4 is 27.3 Å². The quantitative estimate of drug-likeness (QED) is 0.763. The summed E-state index contributed by atoms with van der Waals surface area (Å²) in [7, 11) is -2.53. The first kappa shape index (κ1) is 16.5. The minimum absolute atomic E-state index is 0.0873. The number of ether oxygens (including phenoxy) is 1. The fourth-order valence-electron chi connectivity index (χ4n) is 1.66. The van der Waals surface area contributed by atoms with Crippen LogP contribution in [0.1, 0.15) is 21.1 Å². The maximum absolute atomic E-state index is 12.2. The van der Waals surface area contributed by atoms with Gasteiger partial charge in [0.25, 0.3) is 0 Å². The molecule has 2 aromatic heterocycles. The molecule has 0 saturated carbocycles. The number of methoxy groups -OCH3 is 1. The van der Waals surface area contributed by atoms with Gasteiger partial charge in [0.2, 0.25) is 10.0 Å². The van der Waals surface area contributed by atoms with Crippen LogP contribution in [0.5, 0.6) is 0 Å². The Bertz CT molecular complexity index is 759. The molecule has 0 fully saturated rings. The third-order valence-electron chi connectivity index (χ3n) is 2.81. The topological polar surface area (TPSA) is 111 Å². The highest BCUT2D eigenvalue weighted by Gasteiger charge is 2.19. The third kappa shape index (κ3) is 3.84. The number of pyridine rings is 1. The Kier molecular flexibility index (Phi) is 5.16. The van der Waals surface area contributed by atoms with Crippen molar-refractivity contribution in [1.82, 2.24) is 19.9 Å². The number of rotatable bonds is 6. The minimum atomic E-state index is -3.76. The maximum atomic E-state index is 12.2. The zero-order valence-corrected chi connectivity index (χ0v) is 13.6. The van der Waals surface area contributed by atoms with E-state index in [1.54, 1.807) is 12.4 Å². The van der Waals surface area contributed by atoms with E-state index in [0.717, 1.165) is 5.01 Å². The molecule has 1 N–H and O–H groups in total. The average Bonchev–Trinajstić information content (AvgIpc) is 3.00. The van der Waals surface area contributed by atoms with Crippen LogP contribution in [0, 0.1) is 6.92 Å². The van der Waals surface area contributed by atoms with Crippen molar-refractivity contribution in [2.24, 2.45) is 0 Å². The monoisotopic (exact) mass is 342 g/mol. The maximum Gasteiger partial charge on any atom is 0.339 e. The van der Waals surface area contributed by atoms with E-state index in [1.807, 2.05) is 0 Å². The van der Waals surface area contributed by atoms with E-state index in [2.05, 4.69) is 24.6 Å². The smallest absolute Gasteiger partial charge is 0.339 e. The van der Waals surface area contributed by atoms with Crippen molar-refractivity contribution in [3.8, 4) is 0 Å². The molecule has 2 aromatic rings. The van der Waals surface area contributed by atoms with Crippen LogP contribution in [0.4, 0.5) is 0 Å². The standard InChI is InChI=1S/C12H14N4O4S2/c1-8-10(12(17)20-2)5-9(6-13-8)22(18,19)15-4-3-11-16-14-7-21-11/h5-7,15H,3-4H2,1-2H3. The van der Waals surface area contributed by atoms with Crippen LogP contribution in [0.15, 0.2) is 22.7 Å². The molecule has 8 nitrogen and oxygen atoms in total.